The maximum Gasteiger partial charge on any atom is 0.231 e. The number of amides is 1. The van der Waals surface area contributed by atoms with E-state index < -0.39 is 0 Å². The second kappa shape index (κ2) is 5.33. The summed E-state index contributed by atoms with van der Waals surface area (Å²) in [6, 6.07) is 4.19. The van der Waals surface area contributed by atoms with Gasteiger partial charge in [-0.3, -0.25) is 4.79 Å². The van der Waals surface area contributed by atoms with Crippen LogP contribution in [-0.4, -0.2) is 53.7 Å². The summed E-state index contributed by atoms with van der Waals surface area (Å²) in [6.07, 6.45) is 5.70. The van der Waals surface area contributed by atoms with Crippen molar-refractivity contribution in [3.63, 3.8) is 0 Å². The van der Waals surface area contributed by atoms with E-state index in [9.17, 15) is 4.79 Å². The van der Waals surface area contributed by atoms with Gasteiger partial charge in [-0.1, -0.05) is 11.6 Å². The van der Waals surface area contributed by atoms with Gasteiger partial charge in [0.15, 0.2) is 0 Å². The first kappa shape index (κ1) is 15.4. The van der Waals surface area contributed by atoms with E-state index in [1.165, 1.54) is 0 Å². The normalized spacial score (nSPS) is 35.4. The topological polar surface area (TPSA) is 69.5 Å². The van der Waals surface area contributed by atoms with Crippen molar-refractivity contribution in [2.75, 3.05) is 24.6 Å². The van der Waals surface area contributed by atoms with Crippen LogP contribution >= 0.6 is 11.6 Å². The Hall–Kier alpha value is -1.84. The number of ether oxygens (including phenoxy) is 1. The molecule has 0 aromatic carbocycles. The largest absolute Gasteiger partial charge is 0.377 e. The Balaban J connectivity index is 1.34. The number of hydrogen-bond acceptors (Lipinski definition) is 5. The minimum absolute atomic E-state index is 0.222. The van der Waals surface area contributed by atoms with E-state index in [-0.39, 0.29) is 17.5 Å². The molecule has 6 nitrogen and oxygen atoms in total. The average Bonchev–Trinajstić information content (AvgIpc) is 3.40. The Morgan fingerprint density at radius 2 is 2.32 bits per heavy atom. The number of piperazine rings is 1. The van der Waals surface area contributed by atoms with Gasteiger partial charge in [-0.2, -0.15) is 5.26 Å². The van der Waals surface area contributed by atoms with Crippen molar-refractivity contribution in [2.45, 2.75) is 43.9 Å². The Kier molecular flexibility index (Phi) is 3.28. The molecule has 1 aromatic rings. The lowest BCUT2D eigenvalue weighted by Gasteiger charge is -2.39. The maximum absolute atomic E-state index is 13.2. The van der Waals surface area contributed by atoms with Crippen LogP contribution in [0.4, 0.5) is 5.82 Å². The van der Waals surface area contributed by atoms with Gasteiger partial charge in [0.25, 0.3) is 0 Å². The molecule has 4 bridgehead atoms. The molecule has 7 heteroatoms. The van der Waals surface area contributed by atoms with Crippen LogP contribution in [0.5, 0.6) is 0 Å². The van der Waals surface area contributed by atoms with Crippen LogP contribution in [0.1, 0.15) is 31.2 Å². The minimum Gasteiger partial charge on any atom is -0.377 e. The van der Waals surface area contributed by atoms with Crippen molar-refractivity contribution in [1.29, 1.82) is 5.26 Å². The first-order valence-corrected chi connectivity index (χ1v) is 9.22. The highest BCUT2D eigenvalue weighted by molar-refractivity contribution is 6.33. The van der Waals surface area contributed by atoms with E-state index in [2.05, 4.69) is 20.9 Å². The number of nitriles is 1. The van der Waals surface area contributed by atoms with Crippen molar-refractivity contribution in [1.82, 2.24) is 9.88 Å². The SMILES string of the molecule is N#Cc1cnc(N2C[C@@H]3C[C@H]2CN3C(=O)C23CCC(C2)OC3)c(Cl)c1. The standard InChI is InChI=1S/C18H19ClN4O2/c19-15-3-11(6-20)7-21-16(15)22-8-13-4-12(22)9-23(13)17(24)18-2-1-14(5-18)25-10-18/h3,7,12-14H,1-2,4-5,8-10H2/t12-,13-,14?,18?/m0/s1. The Morgan fingerprint density at radius 1 is 1.44 bits per heavy atom. The number of fused-ring (bicyclic) bond motifs is 4. The predicted octanol–water partition coefficient (Wildman–Crippen LogP) is 1.97. The first-order chi connectivity index (χ1) is 12.1. The van der Waals surface area contributed by atoms with Gasteiger partial charge in [-0.25, -0.2) is 4.98 Å². The molecule has 3 aliphatic heterocycles. The lowest BCUT2D eigenvalue weighted by atomic mass is 9.86. The molecule has 1 aliphatic carbocycles. The number of nitrogens with zero attached hydrogens (tertiary/aromatic N) is 4. The number of hydrogen-bond donors (Lipinski definition) is 0. The first-order valence-electron chi connectivity index (χ1n) is 8.85. The van der Waals surface area contributed by atoms with Crippen LogP contribution < -0.4 is 4.90 Å². The van der Waals surface area contributed by atoms with E-state index in [4.69, 9.17) is 21.6 Å². The fourth-order valence-corrected chi connectivity index (χ4v) is 5.34. The fraction of sp³-hybridized carbons (Fsp3) is 0.611. The number of likely N-dealkylation sites (tertiary alicyclic amines) is 1. The van der Waals surface area contributed by atoms with Crippen molar-refractivity contribution in [3.8, 4) is 6.07 Å². The van der Waals surface area contributed by atoms with Crippen molar-refractivity contribution in [3.05, 3.63) is 22.8 Å². The summed E-state index contributed by atoms with van der Waals surface area (Å²) in [5, 5.41) is 9.46. The second-order valence-electron chi connectivity index (χ2n) is 7.75. The van der Waals surface area contributed by atoms with Gasteiger partial charge in [0.05, 0.1) is 40.8 Å². The summed E-state index contributed by atoms with van der Waals surface area (Å²) in [5.74, 6) is 1.02. The van der Waals surface area contributed by atoms with Gasteiger partial charge in [0.1, 0.15) is 11.9 Å². The zero-order valence-corrected chi connectivity index (χ0v) is 14.6. The Bertz CT molecular complexity index is 784. The molecule has 5 rings (SSSR count). The zero-order chi connectivity index (χ0) is 17.2. The maximum atomic E-state index is 13.2. The molecular formula is C18H19ClN4O2. The summed E-state index contributed by atoms with van der Waals surface area (Å²) in [5.41, 5.74) is 0.204. The van der Waals surface area contributed by atoms with Crippen LogP contribution in [0, 0.1) is 16.7 Å². The summed E-state index contributed by atoms with van der Waals surface area (Å²) in [6.45, 7) is 2.08. The third-order valence-electron chi connectivity index (χ3n) is 6.34. The van der Waals surface area contributed by atoms with E-state index in [0.29, 0.717) is 29.2 Å². The Labute approximate surface area is 151 Å². The molecule has 3 saturated heterocycles. The lowest BCUT2D eigenvalue weighted by Crippen LogP contribution is -2.53. The Morgan fingerprint density at radius 3 is 2.88 bits per heavy atom. The molecule has 25 heavy (non-hydrogen) atoms. The highest BCUT2D eigenvalue weighted by atomic mass is 35.5. The molecule has 2 unspecified atom stereocenters. The van der Waals surface area contributed by atoms with E-state index in [1.807, 2.05) is 0 Å². The smallest absolute Gasteiger partial charge is 0.231 e. The molecular weight excluding hydrogens is 340 g/mol. The number of aromatic nitrogens is 1. The van der Waals surface area contributed by atoms with Crippen molar-refractivity contribution < 1.29 is 9.53 Å². The van der Waals surface area contributed by atoms with Crippen LogP contribution in [0.25, 0.3) is 0 Å². The fourth-order valence-electron chi connectivity index (χ4n) is 5.07. The van der Waals surface area contributed by atoms with Crippen LogP contribution in [0.15, 0.2) is 12.3 Å². The molecule has 0 radical (unpaired) electrons. The summed E-state index contributed by atoms with van der Waals surface area (Å²) in [4.78, 5) is 21.8. The van der Waals surface area contributed by atoms with Gasteiger partial charge in [0.2, 0.25) is 5.91 Å². The van der Waals surface area contributed by atoms with E-state index in [1.54, 1.807) is 12.3 Å². The molecule has 4 heterocycles. The molecule has 4 fully saturated rings. The summed E-state index contributed by atoms with van der Waals surface area (Å²) >= 11 is 6.33. The molecule has 1 aromatic heterocycles. The van der Waals surface area contributed by atoms with E-state index >= 15 is 0 Å². The molecule has 0 N–H and O–H groups in total. The van der Waals surface area contributed by atoms with Crippen molar-refractivity contribution >= 4 is 23.3 Å². The van der Waals surface area contributed by atoms with Gasteiger partial charge in [-0.05, 0) is 31.7 Å². The summed E-state index contributed by atoms with van der Waals surface area (Å²) in [7, 11) is 0. The molecule has 4 aliphatic rings. The number of halogens is 1. The minimum atomic E-state index is -0.260. The summed E-state index contributed by atoms with van der Waals surface area (Å²) < 4.78 is 5.73. The lowest BCUT2D eigenvalue weighted by molar-refractivity contribution is -0.144. The molecule has 1 saturated carbocycles. The number of anilines is 1. The van der Waals surface area contributed by atoms with Gasteiger partial charge in [0, 0.05) is 19.3 Å². The zero-order valence-electron chi connectivity index (χ0n) is 13.8. The number of carbonyl (C=O) groups excluding carboxylic acids is 1. The van der Waals surface area contributed by atoms with Crippen LogP contribution in [0.3, 0.4) is 0 Å². The van der Waals surface area contributed by atoms with E-state index in [0.717, 1.165) is 44.6 Å². The molecule has 4 atom stereocenters. The second-order valence-corrected chi connectivity index (χ2v) is 8.16. The predicted molar refractivity (Wildman–Crippen MR) is 91.2 cm³/mol. The third kappa shape index (κ3) is 2.19. The quantitative estimate of drug-likeness (QED) is 0.808. The highest BCUT2D eigenvalue weighted by Crippen LogP contribution is 2.49. The number of rotatable bonds is 2. The number of carbonyl (C=O) groups is 1. The average molecular weight is 359 g/mol. The van der Waals surface area contributed by atoms with Gasteiger partial charge in [-0.15, -0.1) is 0 Å². The van der Waals surface area contributed by atoms with Crippen molar-refractivity contribution in [2.24, 2.45) is 5.41 Å². The van der Waals surface area contributed by atoms with Crippen LogP contribution in [0.2, 0.25) is 5.02 Å². The van der Waals surface area contributed by atoms with Gasteiger partial charge < -0.3 is 14.5 Å². The third-order valence-corrected chi connectivity index (χ3v) is 6.61. The molecule has 0 spiro atoms. The molecule has 1 amide bonds. The highest BCUT2D eigenvalue weighted by Gasteiger charge is 2.56. The molecule has 130 valence electrons. The van der Waals surface area contributed by atoms with Gasteiger partial charge >= 0.3 is 0 Å². The monoisotopic (exact) mass is 358 g/mol. The van der Waals surface area contributed by atoms with Crippen LogP contribution in [-0.2, 0) is 9.53 Å². The number of pyridine rings is 1.